The zero-order valence-electron chi connectivity index (χ0n) is 22.6. The molecule has 6 aliphatic rings. The Morgan fingerprint density at radius 3 is 2.68 bits per heavy atom. The molecule has 6 heteroatoms. The number of nitriles is 1. The van der Waals surface area contributed by atoms with Gasteiger partial charge in [0.15, 0.2) is 0 Å². The quantitative estimate of drug-likeness (QED) is 0.485. The summed E-state index contributed by atoms with van der Waals surface area (Å²) < 4.78 is 6.27. The molecule has 2 heterocycles. The second-order valence-electron chi connectivity index (χ2n) is 12.9. The van der Waals surface area contributed by atoms with Crippen LogP contribution in [-0.2, 0) is 13.0 Å². The molecular weight excluding hydrogens is 458 g/mol. The first-order chi connectivity index (χ1) is 17.8. The van der Waals surface area contributed by atoms with E-state index in [1.54, 1.807) is 6.21 Å². The molecule has 1 aromatic carbocycles. The van der Waals surface area contributed by atoms with E-state index in [4.69, 9.17) is 15.5 Å². The molecule has 4 bridgehead atoms. The molecule has 4 aliphatic carbocycles. The van der Waals surface area contributed by atoms with E-state index in [1.807, 2.05) is 0 Å². The van der Waals surface area contributed by atoms with E-state index in [9.17, 15) is 5.26 Å². The summed E-state index contributed by atoms with van der Waals surface area (Å²) in [4.78, 5) is 4.77. The normalized spacial score (nSPS) is 33.2. The largest absolute Gasteiger partial charge is 0.487 e. The number of para-hydroxylation sites is 1. The Kier molecular flexibility index (Phi) is 6.11. The van der Waals surface area contributed by atoms with Gasteiger partial charge in [-0.25, -0.2) is 4.99 Å². The van der Waals surface area contributed by atoms with Crippen molar-refractivity contribution in [3.63, 3.8) is 0 Å². The second kappa shape index (κ2) is 9.20. The SMILES string of the molecule is CCC1=C(NCc2cccc3c2OC(C)(C)C3)N=CC(C#N)=C(NCC23CC4CC(C2)C(N)C(C4)C3)C1. The van der Waals surface area contributed by atoms with Gasteiger partial charge in [-0.2, -0.15) is 5.26 Å². The summed E-state index contributed by atoms with van der Waals surface area (Å²) in [5.74, 6) is 4.09. The molecule has 0 radical (unpaired) electrons. The van der Waals surface area contributed by atoms with Gasteiger partial charge in [0, 0.05) is 49.4 Å². The monoisotopic (exact) mass is 499 g/mol. The van der Waals surface area contributed by atoms with Gasteiger partial charge in [-0.3, -0.25) is 0 Å². The van der Waals surface area contributed by atoms with Gasteiger partial charge in [-0.1, -0.05) is 25.1 Å². The molecule has 4 N–H and O–H groups in total. The number of allylic oxidation sites excluding steroid dienone is 2. The summed E-state index contributed by atoms with van der Waals surface area (Å²) in [5, 5.41) is 17.3. The first-order valence-electron chi connectivity index (χ1n) is 14.2. The van der Waals surface area contributed by atoms with Gasteiger partial charge in [0.25, 0.3) is 0 Å². The highest BCUT2D eigenvalue weighted by atomic mass is 16.5. The molecular formula is C31H41N5O. The van der Waals surface area contributed by atoms with Gasteiger partial charge >= 0.3 is 0 Å². The van der Waals surface area contributed by atoms with Crippen molar-refractivity contribution in [3.8, 4) is 11.8 Å². The van der Waals surface area contributed by atoms with Crippen molar-refractivity contribution in [2.75, 3.05) is 6.54 Å². The van der Waals surface area contributed by atoms with Gasteiger partial charge in [0.05, 0.1) is 5.57 Å². The maximum absolute atomic E-state index is 9.98. The fourth-order valence-electron chi connectivity index (χ4n) is 8.15. The number of nitrogens with one attached hydrogen (secondary N) is 2. The molecule has 0 spiro atoms. The van der Waals surface area contributed by atoms with Crippen molar-refractivity contribution in [2.24, 2.45) is 33.9 Å². The number of ether oxygens (including phenoxy) is 1. The van der Waals surface area contributed by atoms with Crippen LogP contribution in [0.4, 0.5) is 0 Å². The molecule has 4 saturated carbocycles. The number of hydrogen-bond acceptors (Lipinski definition) is 6. The minimum absolute atomic E-state index is 0.166. The van der Waals surface area contributed by atoms with Crippen LogP contribution in [0.15, 0.2) is 45.9 Å². The topological polar surface area (TPSA) is 95.5 Å². The van der Waals surface area contributed by atoms with E-state index in [0.717, 1.165) is 54.6 Å². The summed E-state index contributed by atoms with van der Waals surface area (Å²) in [7, 11) is 0. The van der Waals surface area contributed by atoms with E-state index in [1.165, 1.54) is 43.2 Å². The molecule has 2 unspecified atom stereocenters. The summed E-state index contributed by atoms with van der Waals surface area (Å²) in [6, 6.07) is 9.21. The number of nitrogens with zero attached hydrogens (tertiary/aromatic N) is 2. The van der Waals surface area contributed by atoms with Crippen LogP contribution in [0.3, 0.4) is 0 Å². The molecule has 196 valence electrons. The molecule has 37 heavy (non-hydrogen) atoms. The molecule has 2 aliphatic heterocycles. The van der Waals surface area contributed by atoms with Crippen LogP contribution in [-0.4, -0.2) is 24.4 Å². The molecule has 4 fully saturated rings. The van der Waals surface area contributed by atoms with Gasteiger partial charge in [-0.05, 0) is 86.7 Å². The highest BCUT2D eigenvalue weighted by molar-refractivity contribution is 5.86. The van der Waals surface area contributed by atoms with Gasteiger partial charge < -0.3 is 21.1 Å². The van der Waals surface area contributed by atoms with Crippen LogP contribution in [0.25, 0.3) is 0 Å². The first kappa shape index (κ1) is 24.6. The third-order valence-electron chi connectivity index (χ3n) is 9.69. The highest BCUT2D eigenvalue weighted by Crippen LogP contribution is 2.59. The zero-order valence-corrected chi connectivity index (χ0v) is 22.6. The summed E-state index contributed by atoms with van der Waals surface area (Å²) in [6.07, 6.45) is 10.7. The number of fused-ring (bicyclic) bond motifs is 1. The van der Waals surface area contributed by atoms with E-state index in [0.29, 0.717) is 35.4 Å². The lowest BCUT2D eigenvalue weighted by Crippen LogP contribution is -2.58. The number of rotatable bonds is 7. The Morgan fingerprint density at radius 1 is 1.16 bits per heavy atom. The third kappa shape index (κ3) is 4.56. The molecule has 0 amide bonds. The van der Waals surface area contributed by atoms with E-state index in [-0.39, 0.29) is 5.60 Å². The van der Waals surface area contributed by atoms with E-state index >= 15 is 0 Å². The van der Waals surface area contributed by atoms with E-state index in [2.05, 4.69) is 55.7 Å². The Morgan fingerprint density at radius 2 is 1.95 bits per heavy atom. The maximum Gasteiger partial charge on any atom is 0.128 e. The van der Waals surface area contributed by atoms with Crippen molar-refractivity contribution < 1.29 is 4.74 Å². The average Bonchev–Trinajstić information content (AvgIpc) is 3.08. The fourth-order valence-corrected chi connectivity index (χ4v) is 8.15. The Hall–Kier alpha value is -2.78. The highest BCUT2D eigenvalue weighted by Gasteiger charge is 2.54. The molecule has 1 aromatic rings. The molecule has 0 saturated heterocycles. The predicted octanol–water partition coefficient (Wildman–Crippen LogP) is 5.11. The first-order valence-corrected chi connectivity index (χ1v) is 14.2. The minimum Gasteiger partial charge on any atom is -0.487 e. The lowest BCUT2D eigenvalue weighted by Gasteiger charge is -2.59. The predicted molar refractivity (Wildman–Crippen MR) is 147 cm³/mol. The van der Waals surface area contributed by atoms with E-state index < -0.39 is 0 Å². The molecule has 7 rings (SSSR count). The standard InChI is InChI=1S/C31H41N5O/c1-4-20-10-26(36-18-31-11-19-8-23(13-31)27(33)24(9-19)14-31)25(15-32)17-35-29(20)34-16-22-7-5-6-21-12-30(2,3)37-28(21)22/h5-7,17,19,23-24,27,34,36H,4,8-14,16,18,33H2,1-3H3. The Balaban J connectivity index is 1.17. The van der Waals surface area contributed by atoms with Crippen molar-refractivity contribution in [2.45, 2.75) is 90.3 Å². The fraction of sp³-hybridized carbons (Fsp3) is 0.613. The van der Waals surface area contributed by atoms with Gasteiger partial charge in [-0.15, -0.1) is 0 Å². The number of hydrogen-bond donors (Lipinski definition) is 3. The van der Waals surface area contributed by atoms with Crippen molar-refractivity contribution in [1.29, 1.82) is 5.26 Å². The molecule has 0 aromatic heterocycles. The lowest BCUT2D eigenvalue weighted by molar-refractivity contribution is -0.0643. The average molecular weight is 500 g/mol. The van der Waals surface area contributed by atoms with Crippen molar-refractivity contribution in [3.05, 3.63) is 52.0 Å². The van der Waals surface area contributed by atoms with Crippen molar-refractivity contribution in [1.82, 2.24) is 10.6 Å². The maximum atomic E-state index is 9.98. The third-order valence-corrected chi connectivity index (χ3v) is 9.69. The van der Waals surface area contributed by atoms with Crippen LogP contribution in [0, 0.1) is 34.5 Å². The van der Waals surface area contributed by atoms with Crippen molar-refractivity contribution >= 4 is 6.21 Å². The van der Waals surface area contributed by atoms with Gasteiger partial charge in [0.1, 0.15) is 23.2 Å². The summed E-state index contributed by atoms with van der Waals surface area (Å²) in [6.45, 7) is 8.04. The lowest BCUT2D eigenvalue weighted by atomic mass is 9.48. The minimum atomic E-state index is -0.166. The molecule has 2 atom stereocenters. The summed E-state index contributed by atoms with van der Waals surface area (Å²) >= 11 is 0. The zero-order chi connectivity index (χ0) is 25.8. The number of nitrogens with two attached hydrogens (primary N) is 1. The van der Waals surface area contributed by atoms with Crippen LogP contribution >= 0.6 is 0 Å². The van der Waals surface area contributed by atoms with Crippen LogP contribution in [0.5, 0.6) is 5.75 Å². The molecule has 6 nitrogen and oxygen atoms in total. The van der Waals surface area contributed by atoms with Crippen LogP contribution in [0.1, 0.15) is 76.8 Å². The number of aliphatic imine (C=N–C) groups is 1. The smallest absolute Gasteiger partial charge is 0.128 e. The van der Waals surface area contributed by atoms with Crippen LogP contribution in [0.2, 0.25) is 0 Å². The second-order valence-corrected chi connectivity index (χ2v) is 12.9. The Labute approximate surface area is 221 Å². The Bertz CT molecular complexity index is 1200. The number of benzene rings is 1. The summed E-state index contributed by atoms with van der Waals surface area (Å²) in [5.41, 5.74) is 12.1. The van der Waals surface area contributed by atoms with Crippen LogP contribution < -0.4 is 21.1 Å². The van der Waals surface area contributed by atoms with Gasteiger partial charge in [0.2, 0.25) is 0 Å².